The van der Waals surface area contributed by atoms with Crippen LogP contribution in [0.3, 0.4) is 0 Å². The molecular weight excluding hydrogens is 414 g/mol. The van der Waals surface area contributed by atoms with Gasteiger partial charge in [0.05, 0.1) is 4.90 Å². The predicted octanol–water partition coefficient (Wildman–Crippen LogP) is 2.45. The van der Waals surface area contributed by atoms with Crippen LogP contribution >= 0.6 is 0 Å². The Bertz CT molecular complexity index is 1250. The Hall–Kier alpha value is -2.88. The molecule has 2 heterocycles. The second-order valence-corrected chi connectivity index (χ2v) is 10.0. The number of nitrogens with one attached hydrogen (secondary N) is 1. The van der Waals surface area contributed by atoms with Gasteiger partial charge in [0.15, 0.2) is 0 Å². The van der Waals surface area contributed by atoms with Crippen molar-refractivity contribution in [1.82, 2.24) is 8.87 Å². The molecule has 9 heteroatoms. The number of rotatable bonds is 5. The molecule has 0 radical (unpaired) electrons. The Labute approximate surface area is 181 Å². The van der Waals surface area contributed by atoms with Gasteiger partial charge < -0.3 is 21.4 Å². The first-order valence-electron chi connectivity index (χ1n) is 10.2. The average Bonchev–Trinajstić information content (AvgIpc) is 3.36. The lowest BCUT2D eigenvalue weighted by Gasteiger charge is -2.18. The Morgan fingerprint density at radius 2 is 1.97 bits per heavy atom. The summed E-state index contributed by atoms with van der Waals surface area (Å²) < 4.78 is 29.1. The molecule has 2 atom stereocenters. The molecule has 1 unspecified atom stereocenters. The van der Waals surface area contributed by atoms with Crippen LogP contribution in [0.15, 0.2) is 53.6 Å². The molecule has 1 aliphatic heterocycles. The molecule has 0 saturated carbocycles. The van der Waals surface area contributed by atoms with Crippen molar-refractivity contribution in [2.45, 2.75) is 37.2 Å². The zero-order valence-corrected chi connectivity index (χ0v) is 18.4. The smallest absolute Gasteiger partial charge is 0.247 e. The van der Waals surface area contributed by atoms with Crippen LogP contribution in [-0.4, -0.2) is 42.3 Å². The molecule has 164 valence electrons. The fourth-order valence-corrected chi connectivity index (χ4v) is 5.45. The highest BCUT2D eigenvalue weighted by atomic mass is 32.2. The molecule has 31 heavy (non-hydrogen) atoms. The number of hydrogen-bond acceptors (Lipinski definition) is 5. The van der Waals surface area contributed by atoms with E-state index < -0.39 is 16.1 Å². The summed E-state index contributed by atoms with van der Waals surface area (Å²) in [6, 6.07) is 11.6. The number of aromatic nitrogens is 1. The fraction of sp³-hybridized carbons (Fsp3) is 0.318. The summed E-state index contributed by atoms with van der Waals surface area (Å²) in [5, 5.41) is 3.68. The number of sulfonamides is 1. The van der Waals surface area contributed by atoms with Crippen molar-refractivity contribution in [2.24, 2.45) is 5.73 Å². The van der Waals surface area contributed by atoms with Crippen molar-refractivity contribution in [3.8, 4) is 0 Å². The van der Waals surface area contributed by atoms with E-state index in [2.05, 4.69) is 5.32 Å². The van der Waals surface area contributed by atoms with Crippen LogP contribution in [0.2, 0.25) is 0 Å². The van der Waals surface area contributed by atoms with Gasteiger partial charge >= 0.3 is 0 Å². The standard InChI is InChI=1S/C22H27N5O3S/c1-14-3-4-17(23)12-20(14)25-22(28)15(2)27-10-7-16-11-19(5-6-21(16)27)31(29,30)26-9-8-18(24)13-26/h3-7,10-12,15,18H,8-9,13,23-24H2,1-2H3,(H,25,28)/t15?,18-/m0/s1. The molecule has 1 saturated heterocycles. The number of amides is 1. The Morgan fingerprint density at radius 1 is 1.19 bits per heavy atom. The van der Waals surface area contributed by atoms with Gasteiger partial charge in [-0.1, -0.05) is 6.07 Å². The van der Waals surface area contributed by atoms with Gasteiger partial charge in [0.1, 0.15) is 6.04 Å². The molecule has 0 spiro atoms. The van der Waals surface area contributed by atoms with Crippen molar-refractivity contribution in [1.29, 1.82) is 0 Å². The molecule has 8 nitrogen and oxygen atoms in total. The van der Waals surface area contributed by atoms with Crippen LogP contribution in [0, 0.1) is 6.92 Å². The van der Waals surface area contributed by atoms with E-state index in [4.69, 9.17) is 11.5 Å². The lowest BCUT2D eigenvalue weighted by molar-refractivity contribution is -0.118. The molecule has 1 fully saturated rings. The van der Waals surface area contributed by atoms with Crippen molar-refractivity contribution in [2.75, 3.05) is 24.1 Å². The number of carbonyl (C=O) groups excluding carboxylic acids is 1. The van der Waals surface area contributed by atoms with E-state index in [0.29, 0.717) is 30.9 Å². The number of nitrogen functional groups attached to an aromatic ring is 1. The van der Waals surface area contributed by atoms with Gasteiger partial charge in [0.2, 0.25) is 15.9 Å². The van der Waals surface area contributed by atoms with Crippen LogP contribution in [0.25, 0.3) is 10.9 Å². The average molecular weight is 442 g/mol. The van der Waals surface area contributed by atoms with E-state index in [1.54, 1.807) is 43.5 Å². The molecule has 1 aliphatic rings. The van der Waals surface area contributed by atoms with Crippen LogP contribution in [-0.2, 0) is 14.8 Å². The number of nitrogens with zero attached hydrogens (tertiary/aromatic N) is 2. The molecule has 3 aromatic rings. The van der Waals surface area contributed by atoms with Crippen molar-refractivity contribution < 1.29 is 13.2 Å². The number of aryl methyl sites for hydroxylation is 1. The van der Waals surface area contributed by atoms with E-state index >= 15 is 0 Å². The van der Waals surface area contributed by atoms with Gasteiger partial charge in [0, 0.05) is 47.6 Å². The van der Waals surface area contributed by atoms with E-state index in [0.717, 1.165) is 16.5 Å². The first kappa shape index (κ1) is 21.4. The quantitative estimate of drug-likeness (QED) is 0.525. The fourth-order valence-electron chi connectivity index (χ4n) is 3.90. The summed E-state index contributed by atoms with van der Waals surface area (Å²) in [6.07, 6.45) is 2.46. The minimum atomic E-state index is -3.59. The molecule has 2 aromatic carbocycles. The van der Waals surface area contributed by atoms with Crippen LogP contribution in [0.1, 0.15) is 24.9 Å². The number of nitrogens with two attached hydrogens (primary N) is 2. The minimum Gasteiger partial charge on any atom is -0.399 e. The van der Waals surface area contributed by atoms with Crippen molar-refractivity contribution in [3.05, 3.63) is 54.2 Å². The maximum absolute atomic E-state index is 12.9. The zero-order valence-electron chi connectivity index (χ0n) is 17.6. The molecule has 1 amide bonds. The third kappa shape index (κ3) is 4.04. The normalized spacial score (nSPS) is 18.4. The van der Waals surface area contributed by atoms with Crippen LogP contribution in [0.4, 0.5) is 11.4 Å². The Morgan fingerprint density at radius 3 is 2.68 bits per heavy atom. The van der Waals surface area contributed by atoms with Gasteiger partial charge in [-0.25, -0.2) is 8.42 Å². The lowest BCUT2D eigenvalue weighted by atomic mass is 10.1. The van der Waals surface area contributed by atoms with Gasteiger partial charge in [-0.05, 0) is 62.2 Å². The minimum absolute atomic E-state index is 0.123. The summed E-state index contributed by atoms with van der Waals surface area (Å²) in [5.74, 6) is -0.186. The third-order valence-corrected chi connectivity index (χ3v) is 7.69. The topological polar surface area (TPSA) is 123 Å². The maximum Gasteiger partial charge on any atom is 0.247 e. The Balaban J connectivity index is 1.59. The highest BCUT2D eigenvalue weighted by molar-refractivity contribution is 7.89. The van der Waals surface area contributed by atoms with Crippen molar-refractivity contribution in [3.63, 3.8) is 0 Å². The zero-order chi connectivity index (χ0) is 22.3. The Kier molecular flexibility index (Phi) is 5.50. The van der Waals surface area contributed by atoms with E-state index in [-0.39, 0.29) is 16.8 Å². The molecule has 0 aliphatic carbocycles. The monoisotopic (exact) mass is 441 g/mol. The van der Waals surface area contributed by atoms with Gasteiger partial charge in [0.25, 0.3) is 0 Å². The first-order valence-corrected chi connectivity index (χ1v) is 11.6. The largest absolute Gasteiger partial charge is 0.399 e. The first-order chi connectivity index (χ1) is 14.7. The van der Waals surface area contributed by atoms with Gasteiger partial charge in [-0.3, -0.25) is 4.79 Å². The van der Waals surface area contributed by atoms with E-state index in [1.165, 1.54) is 4.31 Å². The summed E-state index contributed by atoms with van der Waals surface area (Å²) >= 11 is 0. The second-order valence-electron chi connectivity index (χ2n) is 8.10. The molecule has 5 N–H and O–H groups in total. The third-order valence-electron chi connectivity index (χ3n) is 5.83. The lowest BCUT2D eigenvalue weighted by Crippen LogP contribution is -2.31. The highest BCUT2D eigenvalue weighted by Crippen LogP contribution is 2.27. The number of benzene rings is 2. The number of anilines is 2. The summed E-state index contributed by atoms with van der Waals surface area (Å²) in [4.78, 5) is 13.1. The summed E-state index contributed by atoms with van der Waals surface area (Å²) in [6.45, 7) is 4.47. The number of hydrogen-bond donors (Lipinski definition) is 3. The van der Waals surface area contributed by atoms with E-state index in [9.17, 15) is 13.2 Å². The van der Waals surface area contributed by atoms with E-state index in [1.807, 2.05) is 23.6 Å². The summed E-state index contributed by atoms with van der Waals surface area (Å²) in [5.41, 5.74) is 14.7. The number of carbonyl (C=O) groups is 1. The highest BCUT2D eigenvalue weighted by Gasteiger charge is 2.31. The molecule has 4 rings (SSSR count). The SMILES string of the molecule is Cc1ccc(N)cc1NC(=O)C(C)n1ccc2cc(S(=O)(=O)N3CC[C@H](N)C3)ccc21. The molecule has 1 aromatic heterocycles. The molecular formula is C22H27N5O3S. The van der Waals surface area contributed by atoms with Gasteiger partial charge in [-0.2, -0.15) is 4.31 Å². The van der Waals surface area contributed by atoms with Crippen LogP contribution < -0.4 is 16.8 Å². The van der Waals surface area contributed by atoms with Crippen LogP contribution in [0.5, 0.6) is 0 Å². The summed E-state index contributed by atoms with van der Waals surface area (Å²) in [7, 11) is -3.59. The predicted molar refractivity (Wildman–Crippen MR) is 122 cm³/mol. The van der Waals surface area contributed by atoms with Gasteiger partial charge in [-0.15, -0.1) is 0 Å². The van der Waals surface area contributed by atoms with Crippen molar-refractivity contribution >= 4 is 38.2 Å². The second kappa shape index (κ2) is 7.99. The maximum atomic E-state index is 12.9. The molecule has 0 bridgehead atoms. The number of fused-ring (bicyclic) bond motifs is 1.